The smallest absolute Gasteiger partial charge is 0.227 e. The molecule has 0 aromatic carbocycles. The fourth-order valence-electron chi connectivity index (χ4n) is 2.32. The van der Waals surface area contributed by atoms with E-state index in [1.54, 1.807) is 12.1 Å². The molecule has 5 N–H and O–H groups in total. The summed E-state index contributed by atoms with van der Waals surface area (Å²) in [4.78, 5) is 3.81. The van der Waals surface area contributed by atoms with Gasteiger partial charge in [-0.3, -0.25) is 0 Å². The Morgan fingerprint density at radius 1 is 1.40 bits per heavy atom. The molecule has 2 aromatic heterocycles. The van der Waals surface area contributed by atoms with Gasteiger partial charge in [0.1, 0.15) is 30.1 Å². The van der Waals surface area contributed by atoms with Crippen LogP contribution in [0, 0.1) is 11.3 Å². The molecule has 20 heavy (non-hydrogen) atoms. The number of aliphatic hydroxyl groups is 3. The minimum atomic E-state index is -1.94. The summed E-state index contributed by atoms with van der Waals surface area (Å²) in [5, 5.41) is 42.5. The van der Waals surface area contributed by atoms with Crippen molar-refractivity contribution in [1.29, 1.82) is 5.26 Å². The second-order valence-corrected chi connectivity index (χ2v) is 4.45. The molecule has 3 heterocycles. The number of aromatic nitrogens is 3. The van der Waals surface area contributed by atoms with Crippen LogP contribution in [-0.2, 0) is 10.3 Å². The van der Waals surface area contributed by atoms with Gasteiger partial charge in [0.25, 0.3) is 0 Å². The van der Waals surface area contributed by atoms with E-state index < -0.39 is 24.1 Å². The van der Waals surface area contributed by atoms with Crippen LogP contribution in [-0.4, -0.2) is 48.4 Å². The maximum atomic E-state index is 10.0. The molecule has 0 unspecified atom stereocenters. The van der Waals surface area contributed by atoms with Crippen LogP contribution in [0.25, 0.3) is 5.52 Å². The van der Waals surface area contributed by atoms with E-state index >= 15 is 0 Å². The molecule has 1 aliphatic heterocycles. The molecular formula is C11H11N5O4. The SMILES string of the molecule is N#C[C@@]1(c2ccc3c(N)ncnn23)O[C@H](O)[C@@H](O)[C@H]1O. The largest absolute Gasteiger partial charge is 0.386 e. The average molecular weight is 277 g/mol. The lowest BCUT2D eigenvalue weighted by Gasteiger charge is -2.23. The van der Waals surface area contributed by atoms with Crippen LogP contribution in [0.2, 0.25) is 0 Å². The molecular weight excluding hydrogens is 266 g/mol. The quantitative estimate of drug-likeness (QED) is 0.472. The Morgan fingerprint density at radius 3 is 2.75 bits per heavy atom. The van der Waals surface area contributed by atoms with Gasteiger partial charge in [0.15, 0.2) is 12.1 Å². The van der Waals surface area contributed by atoms with Gasteiger partial charge in [-0.05, 0) is 12.1 Å². The third-order valence-corrected chi connectivity index (χ3v) is 3.37. The molecule has 1 saturated heterocycles. The Labute approximate surface area is 112 Å². The lowest BCUT2D eigenvalue weighted by atomic mass is 9.93. The summed E-state index contributed by atoms with van der Waals surface area (Å²) in [5.74, 6) is 0.188. The van der Waals surface area contributed by atoms with Crippen molar-refractivity contribution in [3.63, 3.8) is 0 Å². The zero-order valence-electron chi connectivity index (χ0n) is 10.1. The third kappa shape index (κ3) is 1.44. The van der Waals surface area contributed by atoms with Crippen LogP contribution in [0.4, 0.5) is 5.82 Å². The summed E-state index contributed by atoms with van der Waals surface area (Å²) in [5.41, 5.74) is 4.31. The fourth-order valence-corrected chi connectivity index (χ4v) is 2.32. The normalized spacial score (nSPS) is 33.4. The van der Waals surface area contributed by atoms with Gasteiger partial charge in [0.2, 0.25) is 5.60 Å². The summed E-state index contributed by atoms with van der Waals surface area (Å²) >= 11 is 0. The number of fused-ring (bicyclic) bond motifs is 1. The van der Waals surface area contributed by atoms with Crippen LogP contribution in [0.5, 0.6) is 0 Å². The molecule has 4 atom stereocenters. The van der Waals surface area contributed by atoms with E-state index in [4.69, 9.17) is 10.5 Å². The molecule has 1 aliphatic rings. The Bertz CT molecular complexity index is 710. The second kappa shape index (κ2) is 4.12. The van der Waals surface area contributed by atoms with E-state index in [1.165, 1.54) is 16.9 Å². The average Bonchev–Trinajstić information content (AvgIpc) is 2.96. The van der Waals surface area contributed by atoms with Gasteiger partial charge in [-0.2, -0.15) is 10.4 Å². The van der Waals surface area contributed by atoms with Crippen molar-refractivity contribution in [1.82, 2.24) is 14.6 Å². The third-order valence-electron chi connectivity index (χ3n) is 3.37. The molecule has 2 aromatic rings. The lowest BCUT2D eigenvalue weighted by molar-refractivity contribution is -0.148. The van der Waals surface area contributed by atoms with E-state index in [-0.39, 0.29) is 11.5 Å². The van der Waals surface area contributed by atoms with Crippen LogP contribution in [0.3, 0.4) is 0 Å². The van der Waals surface area contributed by atoms with E-state index in [0.29, 0.717) is 5.52 Å². The highest BCUT2D eigenvalue weighted by molar-refractivity contribution is 5.66. The number of ether oxygens (including phenoxy) is 1. The number of hydrogen-bond donors (Lipinski definition) is 4. The first kappa shape index (κ1) is 12.8. The van der Waals surface area contributed by atoms with E-state index in [1.807, 2.05) is 0 Å². The van der Waals surface area contributed by atoms with Crippen molar-refractivity contribution in [3.05, 3.63) is 24.2 Å². The van der Waals surface area contributed by atoms with Crippen molar-refractivity contribution in [2.75, 3.05) is 5.73 Å². The van der Waals surface area contributed by atoms with Crippen LogP contribution in [0.1, 0.15) is 5.69 Å². The van der Waals surface area contributed by atoms with Crippen LogP contribution >= 0.6 is 0 Å². The summed E-state index contributed by atoms with van der Waals surface area (Å²) in [6.07, 6.45) is -3.71. The molecule has 0 radical (unpaired) electrons. The molecule has 3 rings (SSSR count). The highest BCUT2D eigenvalue weighted by Crippen LogP contribution is 2.39. The Kier molecular flexibility index (Phi) is 2.63. The molecule has 9 heteroatoms. The molecule has 0 aliphatic carbocycles. The minimum Gasteiger partial charge on any atom is -0.386 e. The zero-order chi connectivity index (χ0) is 14.5. The molecule has 1 fully saturated rings. The topological polar surface area (TPSA) is 150 Å². The molecule has 0 bridgehead atoms. The summed E-state index contributed by atoms with van der Waals surface area (Å²) < 4.78 is 6.36. The van der Waals surface area contributed by atoms with Crippen LogP contribution in [0.15, 0.2) is 18.5 Å². The van der Waals surface area contributed by atoms with E-state index in [0.717, 1.165) is 0 Å². The minimum absolute atomic E-state index is 0.146. The number of aliphatic hydroxyl groups excluding tert-OH is 3. The van der Waals surface area contributed by atoms with E-state index in [2.05, 4.69) is 10.1 Å². The maximum Gasteiger partial charge on any atom is 0.227 e. The predicted octanol–water partition coefficient (Wildman–Crippen LogP) is -1.90. The van der Waals surface area contributed by atoms with Gasteiger partial charge in [-0.1, -0.05) is 0 Å². The lowest BCUT2D eigenvalue weighted by Crippen LogP contribution is -2.40. The van der Waals surface area contributed by atoms with Gasteiger partial charge >= 0.3 is 0 Å². The summed E-state index contributed by atoms with van der Waals surface area (Å²) in [7, 11) is 0. The Hall–Kier alpha value is -2.25. The van der Waals surface area contributed by atoms with Gasteiger partial charge in [-0.15, -0.1) is 0 Å². The molecule has 104 valence electrons. The highest BCUT2D eigenvalue weighted by atomic mass is 16.7. The van der Waals surface area contributed by atoms with Gasteiger partial charge < -0.3 is 25.8 Å². The van der Waals surface area contributed by atoms with E-state index in [9.17, 15) is 20.6 Å². The van der Waals surface area contributed by atoms with Gasteiger partial charge in [0.05, 0.1) is 5.69 Å². The Balaban J connectivity index is 2.24. The zero-order valence-corrected chi connectivity index (χ0v) is 10.1. The first-order chi connectivity index (χ1) is 9.51. The maximum absolute atomic E-state index is 10.0. The summed E-state index contributed by atoms with van der Waals surface area (Å²) in [6, 6.07) is 4.81. The monoisotopic (exact) mass is 277 g/mol. The van der Waals surface area contributed by atoms with Crippen molar-refractivity contribution in [3.8, 4) is 6.07 Å². The number of hydrogen-bond acceptors (Lipinski definition) is 8. The first-order valence-corrected chi connectivity index (χ1v) is 5.73. The first-order valence-electron chi connectivity index (χ1n) is 5.73. The highest BCUT2D eigenvalue weighted by Gasteiger charge is 2.57. The number of nitriles is 1. The second-order valence-electron chi connectivity index (χ2n) is 4.45. The van der Waals surface area contributed by atoms with Crippen molar-refractivity contribution in [2.45, 2.75) is 24.1 Å². The van der Waals surface area contributed by atoms with Crippen LogP contribution < -0.4 is 5.73 Å². The molecule has 0 saturated carbocycles. The summed E-state index contributed by atoms with van der Waals surface area (Å²) in [6.45, 7) is 0. The van der Waals surface area contributed by atoms with Crippen molar-refractivity contribution in [2.24, 2.45) is 0 Å². The predicted molar refractivity (Wildman–Crippen MR) is 63.8 cm³/mol. The van der Waals surface area contributed by atoms with Crippen molar-refractivity contribution < 1.29 is 20.1 Å². The molecule has 9 nitrogen and oxygen atoms in total. The van der Waals surface area contributed by atoms with Gasteiger partial charge in [-0.25, -0.2) is 9.50 Å². The number of nitrogens with two attached hydrogens (primary N) is 1. The number of rotatable bonds is 1. The number of nitrogens with zero attached hydrogens (tertiary/aromatic N) is 4. The Morgan fingerprint density at radius 2 is 2.15 bits per heavy atom. The van der Waals surface area contributed by atoms with Gasteiger partial charge in [0, 0.05) is 0 Å². The standard InChI is InChI=1S/C11H11N5O4/c12-3-11(8(18)7(17)10(19)20-11)6-2-1-5-9(13)14-4-15-16(5)6/h1-2,4,7-8,10,17-19H,(H2,13,14,15)/t7-,8+,10-,11-/m0/s1. The molecule has 0 amide bonds. The van der Waals surface area contributed by atoms with Crippen molar-refractivity contribution >= 4 is 11.3 Å². The number of anilines is 1. The fraction of sp³-hybridized carbons (Fsp3) is 0.364. The number of nitrogen functional groups attached to an aromatic ring is 1. The molecule has 0 spiro atoms.